The zero-order valence-electron chi connectivity index (χ0n) is 12.7. The standard InChI is InChI=1S/C17H23N3O/c1-3-20(12-15-8-5-4-7-14(15)11-18)13-16-9-6-10-17(19-16)21-2/h4-10H,3,11-13,18H2,1-2H3. The lowest BCUT2D eigenvalue weighted by Crippen LogP contribution is -2.23. The van der Waals surface area contributed by atoms with Gasteiger partial charge in [0.05, 0.1) is 12.8 Å². The van der Waals surface area contributed by atoms with Crippen molar-refractivity contribution in [2.24, 2.45) is 5.73 Å². The Morgan fingerprint density at radius 3 is 2.48 bits per heavy atom. The highest BCUT2D eigenvalue weighted by molar-refractivity contribution is 5.27. The van der Waals surface area contributed by atoms with Gasteiger partial charge < -0.3 is 10.5 Å². The third-order valence-corrected chi connectivity index (χ3v) is 3.56. The van der Waals surface area contributed by atoms with Crippen LogP contribution in [-0.2, 0) is 19.6 Å². The summed E-state index contributed by atoms with van der Waals surface area (Å²) >= 11 is 0. The fraction of sp³-hybridized carbons (Fsp3) is 0.353. The summed E-state index contributed by atoms with van der Waals surface area (Å²) in [4.78, 5) is 6.82. The number of methoxy groups -OCH3 is 1. The van der Waals surface area contributed by atoms with Crippen molar-refractivity contribution < 1.29 is 4.74 Å². The molecular formula is C17H23N3O. The van der Waals surface area contributed by atoms with Gasteiger partial charge in [-0.25, -0.2) is 4.98 Å². The van der Waals surface area contributed by atoms with Crippen molar-refractivity contribution in [1.82, 2.24) is 9.88 Å². The molecule has 4 heteroatoms. The van der Waals surface area contributed by atoms with E-state index in [-0.39, 0.29) is 0 Å². The smallest absolute Gasteiger partial charge is 0.213 e. The van der Waals surface area contributed by atoms with E-state index in [0.717, 1.165) is 25.3 Å². The normalized spacial score (nSPS) is 10.9. The Kier molecular flexibility index (Phi) is 5.72. The van der Waals surface area contributed by atoms with Crippen molar-refractivity contribution in [3.05, 3.63) is 59.3 Å². The van der Waals surface area contributed by atoms with E-state index in [1.165, 1.54) is 11.1 Å². The summed E-state index contributed by atoms with van der Waals surface area (Å²) in [7, 11) is 1.64. The molecule has 0 bridgehead atoms. The van der Waals surface area contributed by atoms with Gasteiger partial charge in [0.15, 0.2) is 0 Å². The first-order chi connectivity index (χ1) is 10.3. The first kappa shape index (κ1) is 15.5. The summed E-state index contributed by atoms with van der Waals surface area (Å²) in [5.41, 5.74) is 9.31. The Morgan fingerprint density at radius 1 is 1.05 bits per heavy atom. The molecule has 0 spiro atoms. The second-order valence-electron chi connectivity index (χ2n) is 4.95. The Labute approximate surface area is 126 Å². The van der Waals surface area contributed by atoms with Crippen molar-refractivity contribution in [2.75, 3.05) is 13.7 Å². The first-order valence-corrected chi connectivity index (χ1v) is 7.26. The number of hydrogen-bond acceptors (Lipinski definition) is 4. The molecule has 1 aromatic carbocycles. The van der Waals surface area contributed by atoms with Gasteiger partial charge in [0.2, 0.25) is 5.88 Å². The molecule has 0 saturated heterocycles. The summed E-state index contributed by atoms with van der Waals surface area (Å²) < 4.78 is 5.18. The number of pyridine rings is 1. The van der Waals surface area contributed by atoms with E-state index in [9.17, 15) is 0 Å². The van der Waals surface area contributed by atoms with Crippen LogP contribution < -0.4 is 10.5 Å². The predicted molar refractivity (Wildman–Crippen MR) is 84.9 cm³/mol. The topological polar surface area (TPSA) is 51.4 Å². The third-order valence-electron chi connectivity index (χ3n) is 3.56. The van der Waals surface area contributed by atoms with Crippen molar-refractivity contribution >= 4 is 0 Å². The fourth-order valence-electron chi connectivity index (χ4n) is 2.32. The van der Waals surface area contributed by atoms with E-state index < -0.39 is 0 Å². The largest absolute Gasteiger partial charge is 0.481 e. The van der Waals surface area contributed by atoms with E-state index in [1.807, 2.05) is 24.3 Å². The highest BCUT2D eigenvalue weighted by atomic mass is 16.5. The SMILES string of the molecule is CCN(Cc1cccc(OC)n1)Cc1ccccc1CN. The molecule has 1 heterocycles. The quantitative estimate of drug-likeness (QED) is 0.849. The van der Waals surface area contributed by atoms with Crippen LogP contribution in [0, 0.1) is 0 Å². The average molecular weight is 285 g/mol. The molecule has 0 radical (unpaired) electrons. The van der Waals surface area contributed by atoms with Crippen LogP contribution in [0.2, 0.25) is 0 Å². The first-order valence-electron chi connectivity index (χ1n) is 7.26. The number of aromatic nitrogens is 1. The summed E-state index contributed by atoms with van der Waals surface area (Å²) in [5, 5.41) is 0. The molecule has 0 aliphatic carbocycles. The van der Waals surface area contributed by atoms with Crippen LogP contribution in [0.4, 0.5) is 0 Å². The van der Waals surface area contributed by atoms with E-state index in [1.54, 1.807) is 7.11 Å². The minimum atomic E-state index is 0.575. The van der Waals surface area contributed by atoms with Gasteiger partial charge in [0.25, 0.3) is 0 Å². The summed E-state index contributed by atoms with van der Waals surface area (Å²) in [5.74, 6) is 0.658. The van der Waals surface area contributed by atoms with Crippen molar-refractivity contribution in [1.29, 1.82) is 0 Å². The lowest BCUT2D eigenvalue weighted by atomic mass is 10.1. The molecule has 2 rings (SSSR count). The van der Waals surface area contributed by atoms with Gasteiger partial charge in [-0.05, 0) is 23.7 Å². The molecule has 112 valence electrons. The molecule has 1 aromatic heterocycles. The zero-order valence-corrected chi connectivity index (χ0v) is 12.7. The lowest BCUT2D eigenvalue weighted by Gasteiger charge is -2.21. The minimum absolute atomic E-state index is 0.575. The third kappa shape index (κ3) is 4.28. The Morgan fingerprint density at radius 2 is 1.81 bits per heavy atom. The maximum atomic E-state index is 5.81. The number of ether oxygens (including phenoxy) is 1. The Hall–Kier alpha value is -1.91. The number of nitrogens with zero attached hydrogens (tertiary/aromatic N) is 2. The summed E-state index contributed by atoms with van der Waals surface area (Å²) in [6, 6.07) is 14.2. The molecule has 0 aliphatic rings. The van der Waals surface area contributed by atoms with Crippen LogP contribution in [0.15, 0.2) is 42.5 Å². The van der Waals surface area contributed by atoms with Crippen LogP contribution in [0.1, 0.15) is 23.7 Å². The monoisotopic (exact) mass is 285 g/mol. The molecule has 0 fully saturated rings. The minimum Gasteiger partial charge on any atom is -0.481 e. The van der Waals surface area contributed by atoms with Gasteiger partial charge in [0.1, 0.15) is 0 Å². The molecule has 4 nitrogen and oxygen atoms in total. The highest BCUT2D eigenvalue weighted by Gasteiger charge is 2.09. The lowest BCUT2D eigenvalue weighted by molar-refractivity contribution is 0.266. The van der Waals surface area contributed by atoms with E-state index in [2.05, 4.69) is 35.0 Å². The molecule has 2 aromatic rings. The van der Waals surface area contributed by atoms with Crippen molar-refractivity contribution in [3.8, 4) is 5.88 Å². The zero-order chi connectivity index (χ0) is 15.1. The Bertz CT molecular complexity index is 571. The van der Waals surface area contributed by atoms with Gasteiger partial charge in [-0.2, -0.15) is 0 Å². The summed E-state index contributed by atoms with van der Waals surface area (Å²) in [6.45, 7) is 5.36. The molecule has 0 atom stereocenters. The second kappa shape index (κ2) is 7.76. The van der Waals surface area contributed by atoms with Crippen molar-refractivity contribution in [3.63, 3.8) is 0 Å². The van der Waals surface area contributed by atoms with Crippen LogP contribution in [0.3, 0.4) is 0 Å². The molecule has 21 heavy (non-hydrogen) atoms. The van der Waals surface area contributed by atoms with Crippen LogP contribution >= 0.6 is 0 Å². The molecular weight excluding hydrogens is 262 g/mol. The van der Waals surface area contributed by atoms with Gasteiger partial charge in [-0.15, -0.1) is 0 Å². The summed E-state index contributed by atoms with van der Waals surface area (Å²) in [6.07, 6.45) is 0. The maximum absolute atomic E-state index is 5.81. The van der Waals surface area contributed by atoms with E-state index in [4.69, 9.17) is 10.5 Å². The number of hydrogen-bond donors (Lipinski definition) is 1. The number of benzene rings is 1. The van der Waals surface area contributed by atoms with Gasteiger partial charge in [-0.1, -0.05) is 37.3 Å². The van der Waals surface area contributed by atoms with E-state index >= 15 is 0 Å². The average Bonchev–Trinajstić information content (AvgIpc) is 2.54. The maximum Gasteiger partial charge on any atom is 0.213 e. The van der Waals surface area contributed by atoms with Crippen LogP contribution in [0.25, 0.3) is 0 Å². The van der Waals surface area contributed by atoms with Gasteiger partial charge >= 0.3 is 0 Å². The fourth-order valence-corrected chi connectivity index (χ4v) is 2.32. The highest BCUT2D eigenvalue weighted by Crippen LogP contribution is 2.14. The molecule has 0 saturated carbocycles. The number of nitrogens with two attached hydrogens (primary N) is 1. The van der Waals surface area contributed by atoms with Gasteiger partial charge in [-0.3, -0.25) is 4.90 Å². The predicted octanol–water partition coefficient (Wildman–Crippen LogP) is 2.57. The van der Waals surface area contributed by atoms with E-state index in [0.29, 0.717) is 12.4 Å². The number of rotatable bonds is 7. The molecule has 0 aliphatic heterocycles. The van der Waals surface area contributed by atoms with Crippen molar-refractivity contribution in [2.45, 2.75) is 26.6 Å². The second-order valence-corrected chi connectivity index (χ2v) is 4.95. The van der Waals surface area contributed by atoms with Crippen LogP contribution in [-0.4, -0.2) is 23.5 Å². The Balaban J connectivity index is 2.09. The molecule has 0 amide bonds. The molecule has 0 unspecified atom stereocenters. The molecule has 2 N–H and O–H groups in total. The van der Waals surface area contributed by atoms with Gasteiger partial charge in [0, 0.05) is 25.7 Å². The van der Waals surface area contributed by atoms with Crippen LogP contribution in [0.5, 0.6) is 5.88 Å².